The van der Waals surface area contributed by atoms with Gasteiger partial charge in [0, 0.05) is 13.2 Å². The van der Waals surface area contributed by atoms with Crippen LogP contribution in [0.2, 0.25) is 0 Å². The number of piperidine rings is 1. The fourth-order valence-electron chi connectivity index (χ4n) is 2.32. The Kier molecular flexibility index (Phi) is 5.53. The lowest BCUT2D eigenvalue weighted by Gasteiger charge is -2.38. The topological polar surface area (TPSA) is 67.5 Å². The Labute approximate surface area is 92.2 Å². The van der Waals surface area contributed by atoms with Gasteiger partial charge in [0.1, 0.15) is 5.60 Å². The molecule has 0 aliphatic carbocycles. The van der Waals surface area contributed by atoms with Gasteiger partial charge in [-0.3, -0.25) is 0 Å². The lowest BCUT2D eigenvalue weighted by Crippen LogP contribution is -2.55. The summed E-state index contributed by atoms with van der Waals surface area (Å²) in [6.07, 6.45) is 4.99. The van der Waals surface area contributed by atoms with E-state index in [2.05, 4.69) is 5.32 Å². The Hall–Kier alpha value is -0.160. The molecule has 1 saturated heterocycles. The number of hydrogen-bond acceptors (Lipinski definition) is 4. The van der Waals surface area contributed by atoms with Crippen molar-refractivity contribution in [3.05, 3.63) is 0 Å². The minimum absolute atomic E-state index is 0.165. The van der Waals surface area contributed by atoms with Gasteiger partial charge in [0.15, 0.2) is 0 Å². The van der Waals surface area contributed by atoms with Crippen molar-refractivity contribution >= 4 is 0 Å². The van der Waals surface area contributed by atoms with Crippen LogP contribution in [0.25, 0.3) is 0 Å². The van der Waals surface area contributed by atoms with Crippen molar-refractivity contribution in [2.45, 2.75) is 43.7 Å². The number of nitrogens with two attached hydrogens (primary N) is 1. The van der Waals surface area contributed by atoms with E-state index in [1.54, 1.807) is 7.11 Å². The van der Waals surface area contributed by atoms with Gasteiger partial charge in [0.2, 0.25) is 0 Å². The van der Waals surface area contributed by atoms with Gasteiger partial charge in [-0.05, 0) is 38.8 Å². The van der Waals surface area contributed by atoms with Crippen LogP contribution in [0.3, 0.4) is 0 Å². The lowest BCUT2D eigenvalue weighted by molar-refractivity contribution is -0.0698. The number of rotatable bonds is 6. The first kappa shape index (κ1) is 12.9. The van der Waals surface area contributed by atoms with Crippen LogP contribution in [0, 0.1) is 0 Å². The van der Waals surface area contributed by atoms with Crippen molar-refractivity contribution in [1.29, 1.82) is 0 Å². The predicted octanol–water partition coefficient (Wildman–Crippen LogP) is 0.245. The summed E-state index contributed by atoms with van der Waals surface area (Å²) in [6, 6.07) is 0.165. The maximum atomic E-state index is 10.5. The van der Waals surface area contributed by atoms with E-state index in [-0.39, 0.29) is 6.04 Å². The molecule has 4 nitrogen and oxygen atoms in total. The minimum atomic E-state index is -0.742. The lowest BCUT2D eigenvalue weighted by atomic mass is 9.85. The summed E-state index contributed by atoms with van der Waals surface area (Å²) in [5.74, 6) is 0. The highest BCUT2D eigenvalue weighted by molar-refractivity contribution is 4.93. The molecular weight excluding hydrogens is 192 g/mol. The standard InChI is InChI=1S/C11H24N2O2/c1-15-9-11(14,6-4-7-12)10-5-2-3-8-13-10/h10,13-14H,2-9,12H2,1H3. The van der Waals surface area contributed by atoms with Crippen LogP contribution >= 0.6 is 0 Å². The van der Waals surface area contributed by atoms with E-state index in [1.165, 1.54) is 12.8 Å². The van der Waals surface area contributed by atoms with E-state index in [1.807, 2.05) is 0 Å². The summed E-state index contributed by atoms with van der Waals surface area (Å²) >= 11 is 0. The second-order valence-corrected chi connectivity index (χ2v) is 4.43. The van der Waals surface area contributed by atoms with Crippen molar-refractivity contribution in [1.82, 2.24) is 5.32 Å². The zero-order chi connectivity index (χ0) is 11.1. The molecule has 0 aromatic carbocycles. The van der Waals surface area contributed by atoms with Crippen LogP contribution in [0.4, 0.5) is 0 Å². The van der Waals surface area contributed by atoms with Crippen LogP contribution in [0.1, 0.15) is 32.1 Å². The smallest absolute Gasteiger partial charge is 0.103 e. The van der Waals surface area contributed by atoms with Gasteiger partial charge in [0.05, 0.1) is 6.61 Å². The monoisotopic (exact) mass is 216 g/mol. The molecule has 0 aromatic rings. The number of nitrogens with one attached hydrogen (secondary N) is 1. The Morgan fingerprint density at radius 1 is 1.53 bits per heavy atom. The zero-order valence-corrected chi connectivity index (χ0v) is 9.67. The number of ether oxygens (including phenoxy) is 1. The molecule has 4 N–H and O–H groups in total. The molecule has 0 bridgehead atoms. The second kappa shape index (κ2) is 6.43. The Morgan fingerprint density at radius 2 is 2.33 bits per heavy atom. The van der Waals surface area contributed by atoms with Crippen molar-refractivity contribution in [3.63, 3.8) is 0 Å². The summed E-state index contributed by atoms with van der Waals surface area (Å²) in [5.41, 5.74) is 4.75. The van der Waals surface area contributed by atoms with E-state index in [9.17, 15) is 5.11 Å². The zero-order valence-electron chi connectivity index (χ0n) is 9.67. The molecule has 2 atom stereocenters. The van der Waals surface area contributed by atoms with Gasteiger partial charge in [0.25, 0.3) is 0 Å². The van der Waals surface area contributed by atoms with Crippen LogP contribution in [0.15, 0.2) is 0 Å². The molecule has 1 fully saturated rings. The summed E-state index contributed by atoms with van der Waals surface area (Å²) in [4.78, 5) is 0. The molecule has 0 radical (unpaired) electrons. The van der Waals surface area contributed by atoms with Crippen molar-refractivity contribution < 1.29 is 9.84 Å². The maximum absolute atomic E-state index is 10.5. The fourth-order valence-corrected chi connectivity index (χ4v) is 2.32. The molecule has 0 amide bonds. The third kappa shape index (κ3) is 3.72. The summed E-state index contributed by atoms with van der Waals surface area (Å²) in [6.45, 7) is 2.02. The summed E-state index contributed by atoms with van der Waals surface area (Å²) in [5, 5.41) is 13.9. The van der Waals surface area contributed by atoms with Crippen molar-refractivity contribution in [2.75, 3.05) is 26.8 Å². The largest absolute Gasteiger partial charge is 0.386 e. The molecule has 1 aliphatic heterocycles. The average Bonchev–Trinajstić information content (AvgIpc) is 2.28. The predicted molar refractivity (Wildman–Crippen MR) is 60.8 cm³/mol. The van der Waals surface area contributed by atoms with Gasteiger partial charge >= 0.3 is 0 Å². The number of aliphatic hydroxyl groups is 1. The highest BCUT2D eigenvalue weighted by Crippen LogP contribution is 2.24. The van der Waals surface area contributed by atoms with Crippen LogP contribution in [-0.2, 0) is 4.74 Å². The second-order valence-electron chi connectivity index (χ2n) is 4.43. The number of hydrogen-bond donors (Lipinski definition) is 3. The Bertz CT molecular complexity index is 172. The third-order valence-corrected chi connectivity index (χ3v) is 3.17. The molecule has 0 saturated carbocycles. The molecular formula is C11H24N2O2. The molecule has 1 heterocycles. The quantitative estimate of drug-likeness (QED) is 0.595. The molecule has 15 heavy (non-hydrogen) atoms. The molecule has 0 spiro atoms. The molecule has 4 heteroatoms. The number of methoxy groups -OCH3 is 1. The Balaban J connectivity index is 2.52. The summed E-state index contributed by atoms with van der Waals surface area (Å²) < 4.78 is 5.13. The molecule has 2 unspecified atom stereocenters. The van der Waals surface area contributed by atoms with Gasteiger partial charge in [-0.15, -0.1) is 0 Å². The van der Waals surface area contributed by atoms with E-state index in [0.717, 1.165) is 25.8 Å². The van der Waals surface area contributed by atoms with Crippen LogP contribution in [0.5, 0.6) is 0 Å². The van der Waals surface area contributed by atoms with Crippen LogP contribution < -0.4 is 11.1 Å². The fraction of sp³-hybridized carbons (Fsp3) is 1.00. The van der Waals surface area contributed by atoms with E-state index in [0.29, 0.717) is 13.2 Å². The van der Waals surface area contributed by atoms with Gasteiger partial charge in [-0.1, -0.05) is 6.42 Å². The van der Waals surface area contributed by atoms with Gasteiger partial charge in [-0.2, -0.15) is 0 Å². The SMILES string of the molecule is COCC(O)(CCCN)C1CCCCN1. The maximum Gasteiger partial charge on any atom is 0.103 e. The third-order valence-electron chi connectivity index (χ3n) is 3.17. The molecule has 90 valence electrons. The van der Waals surface area contributed by atoms with E-state index >= 15 is 0 Å². The Morgan fingerprint density at radius 3 is 2.87 bits per heavy atom. The molecule has 0 aromatic heterocycles. The van der Waals surface area contributed by atoms with Crippen molar-refractivity contribution in [3.8, 4) is 0 Å². The summed E-state index contributed by atoms with van der Waals surface area (Å²) in [7, 11) is 1.64. The first-order chi connectivity index (χ1) is 7.23. The minimum Gasteiger partial charge on any atom is -0.386 e. The van der Waals surface area contributed by atoms with Gasteiger partial charge in [-0.25, -0.2) is 0 Å². The molecule has 1 rings (SSSR count). The average molecular weight is 216 g/mol. The van der Waals surface area contributed by atoms with Crippen molar-refractivity contribution in [2.24, 2.45) is 5.73 Å². The van der Waals surface area contributed by atoms with Gasteiger partial charge < -0.3 is 20.9 Å². The van der Waals surface area contributed by atoms with Crippen LogP contribution in [-0.4, -0.2) is 43.6 Å². The highest BCUT2D eigenvalue weighted by Gasteiger charge is 2.36. The molecule has 1 aliphatic rings. The first-order valence-corrected chi connectivity index (χ1v) is 5.88. The highest BCUT2D eigenvalue weighted by atomic mass is 16.5. The first-order valence-electron chi connectivity index (χ1n) is 5.88. The van der Waals surface area contributed by atoms with E-state index in [4.69, 9.17) is 10.5 Å². The van der Waals surface area contributed by atoms with E-state index < -0.39 is 5.60 Å². The normalized spacial score (nSPS) is 26.2.